The molecule has 0 aromatic heterocycles. The predicted molar refractivity (Wildman–Crippen MR) is 43.0 cm³/mol. The maximum atomic E-state index is 12.7. The first-order valence-electron chi connectivity index (χ1n) is 4.18. The first-order valence-corrected chi connectivity index (χ1v) is 5.55. The quantitative estimate of drug-likeness (QED) is 0.576. The summed E-state index contributed by atoms with van der Waals surface area (Å²) in [6, 6.07) is 0. The molecule has 4 nitrogen and oxygen atoms in total. The van der Waals surface area contributed by atoms with Crippen LogP contribution in [0.3, 0.4) is 0 Å². The molecule has 0 bridgehead atoms. The van der Waals surface area contributed by atoms with Gasteiger partial charge in [-0.2, -0.15) is 34.8 Å². The zero-order valence-corrected chi connectivity index (χ0v) is 9.41. The van der Waals surface area contributed by atoms with E-state index in [0.29, 0.717) is 0 Å². The van der Waals surface area contributed by atoms with Gasteiger partial charge in [-0.3, -0.25) is 4.55 Å². The van der Waals surface area contributed by atoms with Crippen molar-refractivity contribution in [3.63, 3.8) is 0 Å². The highest BCUT2D eigenvalue weighted by atomic mass is 32.3. The normalized spacial score (nSPS) is 15.1. The van der Waals surface area contributed by atoms with Crippen LogP contribution < -0.4 is 0 Å². The smallest absolute Gasteiger partial charge is 0.264 e. The van der Waals surface area contributed by atoms with Crippen molar-refractivity contribution in [1.82, 2.24) is 0 Å². The summed E-state index contributed by atoms with van der Waals surface area (Å²) in [4.78, 5) is 0. The second-order valence-corrected chi connectivity index (χ2v) is 4.29. The van der Waals surface area contributed by atoms with E-state index >= 15 is 0 Å². The number of hydrogen-bond acceptors (Lipinski definition) is 3. The number of alkyl halides is 8. The SMILES string of the molecule is O=S(=O)(O)OCCC(F)(F)C(F)(F)C(F)(F)C(F)F. The Morgan fingerprint density at radius 3 is 1.79 bits per heavy atom. The van der Waals surface area contributed by atoms with Gasteiger partial charge in [0, 0.05) is 6.42 Å². The molecule has 0 spiro atoms. The van der Waals surface area contributed by atoms with E-state index < -0.39 is 47.6 Å². The molecule has 0 aliphatic carbocycles. The Morgan fingerprint density at radius 1 is 1.05 bits per heavy atom. The van der Waals surface area contributed by atoms with E-state index in [1.165, 1.54) is 0 Å². The molecule has 0 saturated heterocycles. The molecule has 0 fully saturated rings. The summed E-state index contributed by atoms with van der Waals surface area (Å²) in [7, 11) is -5.26. The van der Waals surface area contributed by atoms with Gasteiger partial charge in [-0.05, 0) is 0 Å². The third-order valence-corrected chi connectivity index (χ3v) is 2.26. The van der Waals surface area contributed by atoms with Crippen molar-refractivity contribution >= 4 is 10.4 Å². The summed E-state index contributed by atoms with van der Waals surface area (Å²) in [5.41, 5.74) is 0. The number of hydrogen-bond donors (Lipinski definition) is 1. The van der Waals surface area contributed by atoms with Crippen LogP contribution in [-0.2, 0) is 14.6 Å². The molecule has 13 heteroatoms. The fourth-order valence-electron chi connectivity index (χ4n) is 0.813. The Morgan fingerprint density at radius 2 is 1.47 bits per heavy atom. The molecule has 0 heterocycles. The third kappa shape index (κ3) is 4.14. The van der Waals surface area contributed by atoms with Gasteiger partial charge in [-0.1, -0.05) is 0 Å². The lowest BCUT2D eigenvalue weighted by atomic mass is 10.0. The lowest BCUT2D eigenvalue weighted by Gasteiger charge is -2.32. The van der Waals surface area contributed by atoms with Crippen LogP contribution in [-0.4, -0.2) is 43.8 Å². The van der Waals surface area contributed by atoms with Crippen LogP contribution >= 0.6 is 0 Å². The predicted octanol–water partition coefficient (Wildman–Crippen LogP) is 2.37. The molecule has 0 saturated carbocycles. The van der Waals surface area contributed by atoms with E-state index in [0.717, 1.165) is 0 Å². The minimum Gasteiger partial charge on any atom is -0.264 e. The molecule has 0 atom stereocenters. The van der Waals surface area contributed by atoms with Crippen molar-refractivity contribution in [1.29, 1.82) is 0 Å². The summed E-state index contributed by atoms with van der Waals surface area (Å²) >= 11 is 0. The summed E-state index contributed by atoms with van der Waals surface area (Å²) in [6.45, 7) is -1.80. The van der Waals surface area contributed by atoms with Gasteiger partial charge in [0.25, 0.3) is 0 Å². The molecule has 0 rings (SSSR count). The fraction of sp³-hybridized carbons (Fsp3) is 1.00. The average Bonchev–Trinajstić information content (AvgIpc) is 2.13. The molecule has 0 amide bonds. The topological polar surface area (TPSA) is 63.6 Å². The maximum Gasteiger partial charge on any atom is 0.397 e. The summed E-state index contributed by atoms with van der Waals surface area (Å²) in [6.07, 6.45) is -7.39. The van der Waals surface area contributed by atoms with Gasteiger partial charge in [-0.25, -0.2) is 13.0 Å². The zero-order chi connectivity index (χ0) is 15.7. The van der Waals surface area contributed by atoms with Crippen LogP contribution in [0.1, 0.15) is 6.42 Å². The Hall–Kier alpha value is -0.690. The molecule has 1 N–H and O–H groups in total. The molecule has 19 heavy (non-hydrogen) atoms. The number of rotatable bonds is 7. The van der Waals surface area contributed by atoms with E-state index in [1.54, 1.807) is 0 Å². The van der Waals surface area contributed by atoms with E-state index in [9.17, 15) is 43.5 Å². The Labute approximate surface area is 101 Å². The van der Waals surface area contributed by atoms with Crippen LogP contribution in [0.15, 0.2) is 0 Å². The van der Waals surface area contributed by atoms with Crippen LogP contribution in [0.2, 0.25) is 0 Å². The second-order valence-electron chi connectivity index (χ2n) is 3.20. The summed E-state index contributed by atoms with van der Waals surface area (Å²) in [5.74, 6) is -18.4. The van der Waals surface area contributed by atoms with E-state index in [2.05, 4.69) is 4.18 Å². The molecule has 0 unspecified atom stereocenters. The molecule has 116 valence electrons. The van der Waals surface area contributed by atoms with Crippen LogP contribution in [0, 0.1) is 0 Å². The molecule has 0 aromatic rings. The molecular formula is C6H6F8O4S. The highest BCUT2D eigenvalue weighted by molar-refractivity contribution is 7.80. The minimum atomic E-state index is -6.43. The van der Waals surface area contributed by atoms with Crippen molar-refractivity contribution in [2.75, 3.05) is 6.61 Å². The fourth-order valence-corrected chi connectivity index (χ4v) is 1.11. The largest absolute Gasteiger partial charge is 0.397 e. The van der Waals surface area contributed by atoms with Crippen LogP contribution in [0.4, 0.5) is 35.1 Å². The van der Waals surface area contributed by atoms with Gasteiger partial charge in [0.2, 0.25) is 0 Å². The maximum absolute atomic E-state index is 12.7. The van der Waals surface area contributed by atoms with Gasteiger partial charge in [0.1, 0.15) is 0 Å². The third-order valence-electron chi connectivity index (χ3n) is 1.80. The number of halogens is 8. The summed E-state index contributed by atoms with van der Waals surface area (Å²) < 4.78 is 129. The monoisotopic (exact) mass is 326 g/mol. The Kier molecular flexibility index (Phi) is 5.17. The van der Waals surface area contributed by atoms with Crippen molar-refractivity contribution < 1.29 is 52.3 Å². The molecule has 0 aliphatic rings. The lowest BCUT2D eigenvalue weighted by Crippen LogP contribution is -2.57. The van der Waals surface area contributed by atoms with Gasteiger partial charge < -0.3 is 0 Å². The minimum absolute atomic E-state index is 1.80. The average molecular weight is 326 g/mol. The highest BCUT2D eigenvalue weighted by Crippen LogP contribution is 2.49. The highest BCUT2D eigenvalue weighted by Gasteiger charge is 2.74. The standard InChI is InChI=1S/C6H6F8O4S/c7-3(8)5(11,12)6(13,14)4(9,10)1-2-18-19(15,16)17/h3H,1-2H2,(H,15,16,17). The van der Waals surface area contributed by atoms with Gasteiger partial charge >= 0.3 is 34.6 Å². The first-order chi connectivity index (χ1) is 8.15. The van der Waals surface area contributed by atoms with Crippen molar-refractivity contribution in [3.8, 4) is 0 Å². The lowest BCUT2D eigenvalue weighted by molar-refractivity contribution is -0.340. The molecule has 0 radical (unpaired) electrons. The van der Waals surface area contributed by atoms with Gasteiger partial charge in [-0.15, -0.1) is 0 Å². The Balaban J connectivity index is 4.98. The van der Waals surface area contributed by atoms with Crippen LogP contribution in [0.25, 0.3) is 0 Å². The van der Waals surface area contributed by atoms with Crippen LogP contribution in [0.5, 0.6) is 0 Å². The van der Waals surface area contributed by atoms with E-state index in [4.69, 9.17) is 4.55 Å². The molecule has 0 aliphatic heterocycles. The Bertz CT molecular complexity index is 405. The van der Waals surface area contributed by atoms with Gasteiger partial charge in [0.05, 0.1) is 6.61 Å². The van der Waals surface area contributed by atoms with Crippen molar-refractivity contribution in [3.05, 3.63) is 0 Å². The van der Waals surface area contributed by atoms with Gasteiger partial charge in [0.15, 0.2) is 0 Å². The molecular weight excluding hydrogens is 320 g/mol. The zero-order valence-electron chi connectivity index (χ0n) is 8.60. The van der Waals surface area contributed by atoms with Crippen molar-refractivity contribution in [2.24, 2.45) is 0 Å². The molecule has 0 aromatic carbocycles. The van der Waals surface area contributed by atoms with Crippen molar-refractivity contribution in [2.45, 2.75) is 30.6 Å². The van der Waals surface area contributed by atoms with E-state index in [1.807, 2.05) is 0 Å². The second kappa shape index (κ2) is 5.36. The van der Waals surface area contributed by atoms with E-state index in [-0.39, 0.29) is 0 Å². The summed E-state index contributed by atoms with van der Waals surface area (Å²) in [5, 5.41) is 0. The first kappa shape index (κ1) is 18.3.